The lowest BCUT2D eigenvalue weighted by Crippen LogP contribution is -2.40. The summed E-state index contributed by atoms with van der Waals surface area (Å²) in [4.78, 5) is 2.49. The summed E-state index contributed by atoms with van der Waals surface area (Å²) in [6, 6.07) is 0.780. The van der Waals surface area contributed by atoms with Gasteiger partial charge in [-0.05, 0) is 25.5 Å². The minimum Gasteiger partial charge on any atom is -0.373 e. The van der Waals surface area contributed by atoms with Gasteiger partial charge >= 0.3 is 0 Å². The van der Waals surface area contributed by atoms with Gasteiger partial charge in [0.2, 0.25) is 0 Å². The Morgan fingerprint density at radius 1 is 1.36 bits per heavy atom. The van der Waals surface area contributed by atoms with Gasteiger partial charge in [-0.3, -0.25) is 0 Å². The van der Waals surface area contributed by atoms with Gasteiger partial charge < -0.3 is 10.2 Å². The number of nitrogens with one attached hydrogen (secondary N) is 1. The van der Waals surface area contributed by atoms with Crippen LogP contribution < -0.4 is 5.32 Å². The zero-order valence-electron chi connectivity index (χ0n) is 6.92. The number of hydrogen-bond acceptors (Lipinski definition) is 2. The van der Waals surface area contributed by atoms with Crippen LogP contribution in [0.5, 0.6) is 0 Å². The van der Waals surface area contributed by atoms with Crippen LogP contribution in [-0.4, -0.2) is 30.6 Å². The maximum atomic E-state index is 3.42. The van der Waals surface area contributed by atoms with Crippen molar-refractivity contribution in [3.05, 3.63) is 12.3 Å². The molecule has 1 fully saturated rings. The first-order chi connectivity index (χ1) is 5.47. The molecule has 11 heavy (non-hydrogen) atoms. The molecule has 0 spiro atoms. The van der Waals surface area contributed by atoms with Crippen LogP contribution in [0.15, 0.2) is 12.3 Å². The van der Waals surface area contributed by atoms with Crippen LogP contribution in [0, 0.1) is 0 Å². The molecule has 2 rings (SSSR count). The fraction of sp³-hybridized carbons (Fsp3) is 0.778. The van der Waals surface area contributed by atoms with Crippen molar-refractivity contribution in [2.75, 3.05) is 19.6 Å². The molecule has 0 bridgehead atoms. The van der Waals surface area contributed by atoms with Gasteiger partial charge in [-0.15, -0.1) is 0 Å². The van der Waals surface area contributed by atoms with Gasteiger partial charge in [-0.1, -0.05) is 6.08 Å². The van der Waals surface area contributed by atoms with Crippen molar-refractivity contribution in [2.45, 2.75) is 25.3 Å². The van der Waals surface area contributed by atoms with Gasteiger partial charge in [0, 0.05) is 25.7 Å². The quantitative estimate of drug-likeness (QED) is 0.556. The predicted molar refractivity (Wildman–Crippen MR) is 46.4 cm³/mol. The maximum absolute atomic E-state index is 3.42. The van der Waals surface area contributed by atoms with E-state index in [1.807, 2.05) is 0 Å². The lowest BCUT2D eigenvalue weighted by molar-refractivity contribution is 0.215. The molecule has 1 N–H and O–H groups in total. The van der Waals surface area contributed by atoms with Gasteiger partial charge in [-0.2, -0.15) is 0 Å². The van der Waals surface area contributed by atoms with Crippen molar-refractivity contribution in [3.63, 3.8) is 0 Å². The first-order valence-electron chi connectivity index (χ1n) is 4.60. The summed E-state index contributed by atoms with van der Waals surface area (Å²) in [6.45, 7) is 3.49. The third-order valence-electron chi connectivity index (χ3n) is 2.61. The summed E-state index contributed by atoms with van der Waals surface area (Å²) in [5, 5.41) is 3.42. The summed E-state index contributed by atoms with van der Waals surface area (Å²) in [6.07, 6.45) is 8.66. The average molecular weight is 152 g/mol. The first kappa shape index (κ1) is 7.17. The summed E-state index contributed by atoms with van der Waals surface area (Å²) in [5.41, 5.74) is 0. The molecule has 2 aliphatic heterocycles. The second-order valence-electron chi connectivity index (χ2n) is 3.43. The van der Waals surface area contributed by atoms with Gasteiger partial charge in [0.25, 0.3) is 0 Å². The Balaban J connectivity index is 2.02. The Hall–Kier alpha value is -0.500. The number of fused-ring (bicyclic) bond motifs is 1. The molecule has 0 saturated carbocycles. The average Bonchev–Trinajstić information content (AvgIpc) is 2.28. The largest absolute Gasteiger partial charge is 0.373 e. The van der Waals surface area contributed by atoms with Crippen molar-refractivity contribution in [3.8, 4) is 0 Å². The van der Waals surface area contributed by atoms with E-state index in [4.69, 9.17) is 0 Å². The monoisotopic (exact) mass is 152 g/mol. The van der Waals surface area contributed by atoms with E-state index in [1.54, 1.807) is 0 Å². The van der Waals surface area contributed by atoms with Crippen LogP contribution in [0.25, 0.3) is 0 Å². The summed E-state index contributed by atoms with van der Waals surface area (Å²) < 4.78 is 0. The Labute approximate surface area is 68.3 Å². The minimum atomic E-state index is 0.780. The molecular weight excluding hydrogens is 136 g/mol. The van der Waals surface area contributed by atoms with Crippen LogP contribution in [0.4, 0.5) is 0 Å². The molecule has 62 valence electrons. The van der Waals surface area contributed by atoms with E-state index in [0.717, 1.165) is 12.6 Å². The lowest BCUT2D eigenvalue weighted by atomic mass is 10.0. The molecule has 2 heterocycles. The Kier molecular flexibility index (Phi) is 2.13. The smallest absolute Gasteiger partial charge is 0.0409 e. The van der Waals surface area contributed by atoms with E-state index < -0.39 is 0 Å². The Morgan fingerprint density at radius 2 is 2.36 bits per heavy atom. The van der Waals surface area contributed by atoms with E-state index in [1.165, 1.54) is 32.4 Å². The van der Waals surface area contributed by atoms with Gasteiger partial charge in [0.1, 0.15) is 0 Å². The molecular formula is C9H16N2. The molecule has 1 atom stereocenters. The fourth-order valence-corrected chi connectivity index (χ4v) is 1.96. The molecule has 0 radical (unpaired) electrons. The van der Waals surface area contributed by atoms with Crippen molar-refractivity contribution in [1.82, 2.24) is 10.2 Å². The molecule has 0 aromatic carbocycles. The second-order valence-corrected chi connectivity index (χ2v) is 3.43. The molecule has 1 saturated heterocycles. The molecule has 0 aromatic rings. The number of hydrogen-bond donors (Lipinski definition) is 1. The number of nitrogens with zero attached hydrogens (tertiary/aromatic N) is 1. The Bertz CT molecular complexity index is 154. The number of rotatable bonds is 0. The summed E-state index contributed by atoms with van der Waals surface area (Å²) in [5.74, 6) is 0. The second kappa shape index (κ2) is 3.26. The van der Waals surface area contributed by atoms with Crippen molar-refractivity contribution >= 4 is 0 Å². The molecule has 0 aromatic heterocycles. The van der Waals surface area contributed by atoms with Crippen molar-refractivity contribution < 1.29 is 0 Å². The summed E-state index contributed by atoms with van der Waals surface area (Å²) in [7, 11) is 0. The van der Waals surface area contributed by atoms with E-state index in [2.05, 4.69) is 22.5 Å². The van der Waals surface area contributed by atoms with Crippen molar-refractivity contribution in [1.29, 1.82) is 0 Å². The summed E-state index contributed by atoms with van der Waals surface area (Å²) >= 11 is 0. The van der Waals surface area contributed by atoms with Crippen LogP contribution in [0.1, 0.15) is 19.3 Å². The molecule has 2 aliphatic rings. The normalized spacial score (nSPS) is 31.3. The molecule has 2 heteroatoms. The van der Waals surface area contributed by atoms with Crippen LogP contribution >= 0.6 is 0 Å². The molecule has 0 amide bonds. The third-order valence-corrected chi connectivity index (χ3v) is 2.61. The topological polar surface area (TPSA) is 15.3 Å². The highest BCUT2D eigenvalue weighted by Crippen LogP contribution is 2.17. The minimum absolute atomic E-state index is 0.780. The highest BCUT2D eigenvalue weighted by molar-refractivity contribution is 4.94. The fourth-order valence-electron chi connectivity index (χ4n) is 1.96. The van der Waals surface area contributed by atoms with E-state index >= 15 is 0 Å². The first-order valence-corrected chi connectivity index (χ1v) is 4.60. The zero-order chi connectivity index (χ0) is 7.52. The lowest BCUT2D eigenvalue weighted by Gasteiger charge is -2.33. The van der Waals surface area contributed by atoms with Crippen molar-refractivity contribution in [2.24, 2.45) is 0 Å². The number of piperidine rings is 1. The molecule has 2 nitrogen and oxygen atoms in total. The van der Waals surface area contributed by atoms with E-state index in [-0.39, 0.29) is 0 Å². The van der Waals surface area contributed by atoms with Crippen LogP contribution in [0.2, 0.25) is 0 Å². The van der Waals surface area contributed by atoms with Gasteiger partial charge in [-0.25, -0.2) is 0 Å². The predicted octanol–water partition coefficient (Wildman–Crippen LogP) is 0.958. The van der Waals surface area contributed by atoms with E-state index in [0.29, 0.717) is 0 Å². The Morgan fingerprint density at radius 3 is 3.36 bits per heavy atom. The van der Waals surface area contributed by atoms with Gasteiger partial charge in [0.15, 0.2) is 0 Å². The van der Waals surface area contributed by atoms with Crippen LogP contribution in [-0.2, 0) is 0 Å². The highest BCUT2D eigenvalue weighted by atomic mass is 15.2. The van der Waals surface area contributed by atoms with E-state index in [9.17, 15) is 0 Å². The SMILES string of the molecule is C1=CN2CCCCC2CNC1. The third kappa shape index (κ3) is 1.56. The standard InChI is InChI=1S/C9H16N2/c1-2-6-11-7-3-5-10-8-9(11)4-1/h3,7,9-10H,1-2,4-6,8H2. The molecule has 1 unspecified atom stereocenters. The van der Waals surface area contributed by atoms with Crippen LogP contribution in [0.3, 0.4) is 0 Å². The highest BCUT2D eigenvalue weighted by Gasteiger charge is 2.19. The maximum Gasteiger partial charge on any atom is 0.0409 e. The van der Waals surface area contributed by atoms with Gasteiger partial charge in [0.05, 0.1) is 0 Å². The zero-order valence-corrected chi connectivity index (χ0v) is 6.92. The molecule has 0 aliphatic carbocycles.